The van der Waals surface area contributed by atoms with E-state index < -0.39 is 4.92 Å². The number of non-ortho nitro benzene ring substituents is 1. The molecule has 1 aromatic heterocycles. The number of benzene rings is 2. The first-order chi connectivity index (χ1) is 13.3. The minimum Gasteiger partial charge on any atom is -0.507 e. The van der Waals surface area contributed by atoms with Crippen molar-refractivity contribution in [2.45, 2.75) is 26.2 Å². The summed E-state index contributed by atoms with van der Waals surface area (Å²) in [5.74, 6) is 0.254. The van der Waals surface area contributed by atoms with Gasteiger partial charge in [0.05, 0.1) is 22.0 Å². The summed E-state index contributed by atoms with van der Waals surface area (Å²) in [6, 6.07) is 8.84. The Morgan fingerprint density at radius 3 is 2.79 bits per heavy atom. The first-order valence-corrected chi connectivity index (χ1v) is 9.35. The van der Waals surface area contributed by atoms with Crippen LogP contribution in [0, 0.1) is 10.1 Å². The molecule has 1 atom stereocenters. The third-order valence-electron chi connectivity index (χ3n) is 4.42. The summed E-state index contributed by atoms with van der Waals surface area (Å²) in [4.78, 5) is 28.0. The van der Waals surface area contributed by atoms with Crippen LogP contribution in [-0.2, 0) is 0 Å². The van der Waals surface area contributed by atoms with Crippen molar-refractivity contribution in [2.75, 3.05) is 0 Å². The summed E-state index contributed by atoms with van der Waals surface area (Å²) in [5.41, 5.74) is 0.149. The van der Waals surface area contributed by atoms with Gasteiger partial charge in [-0.2, -0.15) is 9.78 Å². The average Bonchev–Trinajstić information content (AvgIpc) is 2.67. The van der Waals surface area contributed by atoms with Gasteiger partial charge in [0.25, 0.3) is 11.2 Å². The van der Waals surface area contributed by atoms with E-state index in [1.807, 2.05) is 19.9 Å². The minimum absolute atomic E-state index is 0.0448. The molecule has 0 saturated heterocycles. The van der Waals surface area contributed by atoms with Gasteiger partial charge in [0, 0.05) is 28.1 Å². The van der Waals surface area contributed by atoms with E-state index in [-0.39, 0.29) is 28.5 Å². The molecule has 0 aliphatic carbocycles. The third kappa shape index (κ3) is 3.79. The molecule has 0 unspecified atom stereocenters. The van der Waals surface area contributed by atoms with Gasteiger partial charge in [-0.05, 0) is 30.7 Å². The molecule has 9 heteroatoms. The van der Waals surface area contributed by atoms with Gasteiger partial charge in [-0.1, -0.05) is 29.8 Å². The molecule has 0 spiro atoms. The number of hydrogen-bond donors (Lipinski definition) is 1. The molecule has 144 valence electrons. The highest BCUT2D eigenvalue weighted by Gasteiger charge is 2.16. The molecule has 28 heavy (non-hydrogen) atoms. The van der Waals surface area contributed by atoms with Gasteiger partial charge in [0.2, 0.25) is 0 Å². The SMILES string of the molecule is CC[C@H](C)c1nc2ccc(Br)cc2c(=O)n1N=Cc1cc([N+](=O)[O-])ccc1O. The van der Waals surface area contributed by atoms with Crippen LogP contribution in [0.2, 0.25) is 0 Å². The van der Waals surface area contributed by atoms with Crippen molar-refractivity contribution in [3.63, 3.8) is 0 Å². The molecule has 3 rings (SSSR count). The number of nitro benzene ring substituents is 1. The van der Waals surface area contributed by atoms with Gasteiger partial charge in [0.1, 0.15) is 11.6 Å². The van der Waals surface area contributed by atoms with Crippen molar-refractivity contribution in [3.8, 4) is 5.75 Å². The maximum Gasteiger partial charge on any atom is 0.282 e. The third-order valence-corrected chi connectivity index (χ3v) is 4.91. The summed E-state index contributed by atoms with van der Waals surface area (Å²) >= 11 is 3.35. The number of aromatic hydroxyl groups is 1. The van der Waals surface area contributed by atoms with Crippen LogP contribution in [0.25, 0.3) is 10.9 Å². The van der Waals surface area contributed by atoms with Crippen molar-refractivity contribution in [2.24, 2.45) is 5.10 Å². The van der Waals surface area contributed by atoms with E-state index in [4.69, 9.17) is 0 Å². The molecule has 0 radical (unpaired) electrons. The Morgan fingerprint density at radius 2 is 2.11 bits per heavy atom. The number of phenols is 1. The van der Waals surface area contributed by atoms with Crippen LogP contribution >= 0.6 is 15.9 Å². The average molecular weight is 445 g/mol. The number of halogens is 1. The lowest BCUT2D eigenvalue weighted by molar-refractivity contribution is -0.384. The minimum atomic E-state index is -0.567. The Balaban J connectivity index is 2.20. The molecule has 1 heterocycles. The standard InChI is InChI=1S/C19H17BrN4O4/c1-3-11(2)18-22-16-6-4-13(20)9-15(16)19(26)23(18)21-10-12-8-14(24(27)28)5-7-17(12)25/h4-11,25H,3H2,1-2H3/t11-/m0/s1. The zero-order valence-corrected chi connectivity index (χ0v) is 16.8. The summed E-state index contributed by atoms with van der Waals surface area (Å²) in [5, 5.41) is 25.5. The van der Waals surface area contributed by atoms with Crippen molar-refractivity contribution < 1.29 is 10.0 Å². The van der Waals surface area contributed by atoms with Crippen LogP contribution < -0.4 is 5.56 Å². The first kappa shape index (κ1) is 19.7. The molecule has 0 amide bonds. The van der Waals surface area contributed by atoms with Gasteiger partial charge in [-0.3, -0.25) is 14.9 Å². The molecule has 0 saturated carbocycles. The highest BCUT2D eigenvalue weighted by molar-refractivity contribution is 9.10. The highest BCUT2D eigenvalue weighted by atomic mass is 79.9. The molecule has 0 fully saturated rings. The van der Waals surface area contributed by atoms with E-state index in [2.05, 4.69) is 26.0 Å². The Kier molecular flexibility index (Phi) is 5.55. The second kappa shape index (κ2) is 7.89. The quantitative estimate of drug-likeness (QED) is 0.360. The zero-order valence-electron chi connectivity index (χ0n) is 15.2. The molecule has 2 aromatic carbocycles. The Hall–Kier alpha value is -3.07. The van der Waals surface area contributed by atoms with E-state index in [1.165, 1.54) is 29.1 Å². The van der Waals surface area contributed by atoms with Crippen molar-refractivity contribution in [1.29, 1.82) is 0 Å². The van der Waals surface area contributed by atoms with E-state index in [0.717, 1.165) is 10.9 Å². The smallest absolute Gasteiger partial charge is 0.282 e. The second-order valence-corrected chi connectivity index (χ2v) is 7.22. The van der Waals surface area contributed by atoms with Crippen LogP contribution in [0.5, 0.6) is 5.75 Å². The number of fused-ring (bicyclic) bond motifs is 1. The molecule has 0 aliphatic heterocycles. The summed E-state index contributed by atoms with van der Waals surface area (Å²) in [7, 11) is 0. The Labute approximate surface area is 168 Å². The Bertz CT molecular complexity index is 1160. The Morgan fingerprint density at radius 1 is 1.36 bits per heavy atom. The lowest BCUT2D eigenvalue weighted by Crippen LogP contribution is -2.23. The van der Waals surface area contributed by atoms with E-state index in [0.29, 0.717) is 16.7 Å². The van der Waals surface area contributed by atoms with E-state index in [9.17, 15) is 20.0 Å². The van der Waals surface area contributed by atoms with Crippen molar-refractivity contribution >= 4 is 38.7 Å². The monoisotopic (exact) mass is 444 g/mol. The van der Waals surface area contributed by atoms with Crippen LogP contribution in [0.3, 0.4) is 0 Å². The van der Waals surface area contributed by atoms with Gasteiger partial charge in [0.15, 0.2) is 0 Å². The fraction of sp³-hybridized carbons (Fsp3) is 0.211. The number of hydrogen-bond acceptors (Lipinski definition) is 6. The molecule has 0 aliphatic rings. The van der Waals surface area contributed by atoms with Crippen LogP contribution in [0.1, 0.15) is 37.6 Å². The number of aromatic nitrogens is 2. The largest absolute Gasteiger partial charge is 0.507 e. The first-order valence-electron chi connectivity index (χ1n) is 8.55. The maximum absolute atomic E-state index is 13.0. The molecular formula is C19H17BrN4O4. The predicted molar refractivity (Wildman–Crippen MR) is 110 cm³/mol. The van der Waals surface area contributed by atoms with Gasteiger partial charge in [-0.15, -0.1) is 0 Å². The summed E-state index contributed by atoms with van der Waals surface area (Å²) in [6.07, 6.45) is 1.97. The number of phenolic OH excluding ortho intramolecular Hbond substituents is 1. The van der Waals surface area contributed by atoms with E-state index >= 15 is 0 Å². The lowest BCUT2D eigenvalue weighted by Gasteiger charge is -2.14. The molecule has 0 bridgehead atoms. The fourth-order valence-corrected chi connectivity index (χ4v) is 3.02. The topological polar surface area (TPSA) is 111 Å². The maximum atomic E-state index is 13.0. The van der Waals surface area contributed by atoms with Crippen LogP contribution in [0.15, 0.2) is 50.8 Å². The summed E-state index contributed by atoms with van der Waals surface area (Å²) in [6.45, 7) is 3.91. The number of nitro groups is 1. The van der Waals surface area contributed by atoms with Crippen molar-refractivity contribution in [3.05, 3.63) is 72.7 Å². The predicted octanol–water partition coefficient (Wildman–Crippen LogP) is 4.17. The van der Waals surface area contributed by atoms with Gasteiger partial charge < -0.3 is 5.11 Å². The van der Waals surface area contributed by atoms with Crippen molar-refractivity contribution in [1.82, 2.24) is 9.66 Å². The normalized spacial score (nSPS) is 12.5. The number of rotatable bonds is 5. The van der Waals surface area contributed by atoms with Crippen LogP contribution in [-0.4, -0.2) is 25.9 Å². The second-order valence-electron chi connectivity index (χ2n) is 6.30. The molecule has 8 nitrogen and oxygen atoms in total. The van der Waals surface area contributed by atoms with Gasteiger partial charge in [-0.25, -0.2) is 4.98 Å². The highest BCUT2D eigenvalue weighted by Crippen LogP contribution is 2.23. The lowest BCUT2D eigenvalue weighted by atomic mass is 10.1. The zero-order chi connectivity index (χ0) is 20.4. The molecule has 3 aromatic rings. The summed E-state index contributed by atoms with van der Waals surface area (Å²) < 4.78 is 1.92. The molecular weight excluding hydrogens is 428 g/mol. The fourth-order valence-electron chi connectivity index (χ4n) is 2.66. The number of nitrogens with zero attached hydrogens (tertiary/aromatic N) is 4. The van der Waals surface area contributed by atoms with Gasteiger partial charge >= 0.3 is 0 Å². The van der Waals surface area contributed by atoms with Crippen LogP contribution in [0.4, 0.5) is 5.69 Å². The molecule has 1 N–H and O–H groups in total. The van der Waals surface area contributed by atoms with E-state index in [1.54, 1.807) is 12.1 Å².